The Labute approximate surface area is 158 Å². The summed E-state index contributed by atoms with van der Waals surface area (Å²) in [6, 6.07) is 8.37. The summed E-state index contributed by atoms with van der Waals surface area (Å²) < 4.78 is 4.95. The number of rotatable bonds is 8. The number of carbonyl (C=O) groups is 3. The van der Waals surface area contributed by atoms with Crippen molar-refractivity contribution in [2.24, 2.45) is 16.1 Å². The molecule has 0 aliphatic rings. The smallest absolute Gasteiger partial charge is 0.287 e. The number of anilines is 1. The van der Waals surface area contributed by atoms with Gasteiger partial charge in [-0.25, -0.2) is 0 Å². The van der Waals surface area contributed by atoms with Crippen molar-refractivity contribution in [1.82, 2.24) is 5.32 Å². The maximum atomic E-state index is 12.0. The van der Waals surface area contributed by atoms with Gasteiger partial charge in [-0.1, -0.05) is 17.4 Å². The third-order valence-corrected chi connectivity index (χ3v) is 3.36. The highest BCUT2D eigenvalue weighted by Crippen LogP contribution is 2.11. The van der Waals surface area contributed by atoms with Gasteiger partial charge in [-0.05, 0) is 12.1 Å². The van der Waals surface area contributed by atoms with Crippen LogP contribution in [0.15, 0.2) is 55.9 Å². The summed E-state index contributed by atoms with van der Waals surface area (Å²) in [4.78, 5) is 46.0. The van der Waals surface area contributed by atoms with Gasteiger partial charge in [0.25, 0.3) is 5.91 Å². The van der Waals surface area contributed by atoms with Crippen molar-refractivity contribution in [1.29, 1.82) is 5.53 Å². The number of amidine groups is 1. The fourth-order valence-corrected chi connectivity index (χ4v) is 2.13. The van der Waals surface area contributed by atoms with Crippen LogP contribution < -0.4 is 21.8 Å². The average Bonchev–Trinajstić information content (AvgIpc) is 2.67. The predicted molar refractivity (Wildman–Crippen MR) is 98.3 cm³/mol. The van der Waals surface area contributed by atoms with Crippen LogP contribution in [0.25, 0.3) is 0 Å². The van der Waals surface area contributed by atoms with Gasteiger partial charge in [-0.2, -0.15) is 5.53 Å². The third kappa shape index (κ3) is 5.69. The summed E-state index contributed by atoms with van der Waals surface area (Å²) in [7, 11) is 0. The van der Waals surface area contributed by atoms with E-state index in [-0.39, 0.29) is 36.2 Å². The second-order valence-electron chi connectivity index (χ2n) is 5.40. The molecule has 2 aromatic rings. The van der Waals surface area contributed by atoms with E-state index < -0.39 is 11.3 Å². The largest absolute Gasteiger partial charge is 0.448 e. The molecule has 0 radical (unpaired) electrons. The normalized spacial score (nSPS) is 10.8. The lowest BCUT2D eigenvalue weighted by molar-refractivity contribution is -0.116. The third-order valence-electron chi connectivity index (χ3n) is 3.36. The van der Waals surface area contributed by atoms with E-state index in [1.54, 1.807) is 24.3 Å². The molecule has 5 N–H and O–H groups in total. The SMILES string of the molecule is N=NN=C(N)c1cccc(NC(=O)CCNC(=O)c2cc(=O)cc(C=O)o2)c1. The van der Waals surface area contributed by atoms with Crippen molar-refractivity contribution in [3.8, 4) is 0 Å². The molecule has 1 heterocycles. The quantitative estimate of drug-likeness (QED) is 0.172. The lowest BCUT2D eigenvalue weighted by atomic mass is 10.2. The van der Waals surface area contributed by atoms with Crippen molar-refractivity contribution < 1.29 is 18.8 Å². The Morgan fingerprint density at radius 2 is 2.04 bits per heavy atom. The molecule has 0 aliphatic carbocycles. The van der Waals surface area contributed by atoms with E-state index in [0.717, 1.165) is 12.1 Å². The highest BCUT2D eigenvalue weighted by atomic mass is 16.4. The molecule has 0 saturated carbocycles. The van der Waals surface area contributed by atoms with Gasteiger partial charge in [0.15, 0.2) is 29.1 Å². The summed E-state index contributed by atoms with van der Waals surface area (Å²) in [5, 5.41) is 11.3. The van der Waals surface area contributed by atoms with Crippen molar-refractivity contribution in [2.45, 2.75) is 6.42 Å². The van der Waals surface area contributed by atoms with Gasteiger partial charge in [0.2, 0.25) is 5.91 Å². The topological polar surface area (TPSA) is 180 Å². The molecule has 0 atom stereocenters. The monoisotopic (exact) mass is 384 g/mol. The van der Waals surface area contributed by atoms with E-state index in [1.807, 2.05) is 0 Å². The van der Waals surface area contributed by atoms with Crippen molar-refractivity contribution in [3.63, 3.8) is 0 Å². The fraction of sp³-hybridized carbons (Fsp3) is 0.118. The molecule has 0 fully saturated rings. The van der Waals surface area contributed by atoms with Gasteiger partial charge >= 0.3 is 0 Å². The van der Waals surface area contributed by atoms with Gasteiger partial charge in [0.05, 0.1) is 0 Å². The minimum absolute atomic E-state index is 0.0254. The first-order chi connectivity index (χ1) is 13.4. The fourth-order valence-electron chi connectivity index (χ4n) is 2.13. The molecule has 0 saturated heterocycles. The average molecular weight is 384 g/mol. The number of carbonyl (C=O) groups excluding carboxylic acids is 3. The van der Waals surface area contributed by atoms with Crippen molar-refractivity contribution in [2.75, 3.05) is 11.9 Å². The number of nitrogens with zero attached hydrogens (tertiary/aromatic N) is 2. The van der Waals surface area contributed by atoms with Gasteiger partial charge < -0.3 is 20.8 Å². The summed E-state index contributed by atoms with van der Waals surface area (Å²) >= 11 is 0. The molecule has 1 aromatic heterocycles. The molecule has 2 rings (SSSR count). The van der Waals surface area contributed by atoms with Crippen LogP contribution in [-0.4, -0.2) is 30.5 Å². The lowest BCUT2D eigenvalue weighted by Gasteiger charge is -2.08. The molecule has 0 aliphatic heterocycles. The predicted octanol–water partition coefficient (Wildman–Crippen LogP) is 0.862. The molecular weight excluding hydrogens is 368 g/mol. The minimum atomic E-state index is -0.723. The Kier molecular flexibility index (Phi) is 6.86. The second kappa shape index (κ2) is 9.52. The van der Waals surface area contributed by atoms with Crippen LogP contribution in [-0.2, 0) is 4.79 Å². The van der Waals surface area contributed by atoms with Crippen LogP contribution in [0.5, 0.6) is 0 Å². The molecule has 28 heavy (non-hydrogen) atoms. The first kappa shape index (κ1) is 20.2. The highest BCUT2D eigenvalue weighted by Gasteiger charge is 2.12. The second-order valence-corrected chi connectivity index (χ2v) is 5.40. The van der Waals surface area contributed by atoms with E-state index in [0.29, 0.717) is 17.5 Å². The van der Waals surface area contributed by atoms with Crippen LogP contribution in [0.2, 0.25) is 0 Å². The summed E-state index contributed by atoms with van der Waals surface area (Å²) in [5.74, 6) is -1.68. The van der Waals surface area contributed by atoms with Crippen molar-refractivity contribution >= 4 is 29.6 Å². The summed E-state index contributed by atoms with van der Waals surface area (Å²) in [6.07, 6.45) is 0.258. The molecule has 0 spiro atoms. The van der Waals surface area contributed by atoms with Crippen LogP contribution in [0, 0.1) is 5.53 Å². The molecule has 11 heteroatoms. The van der Waals surface area contributed by atoms with Gasteiger partial charge in [0.1, 0.15) is 0 Å². The maximum Gasteiger partial charge on any atom is 0.287 e. The Bertz CT molecular complexity index is 998. The molecule has 0 unspecified atom stereocenters. The van der Waals surface area contributed by atoms with E-state index in [9.17, 15) is 19.2 Å². The molecule has 144 valence electrons. The van der Waals surface area contributed by atoms with Crippen LogP contribution in [0.1, 0.15) is 33.1 Å². The van der Waals surface area contributed by atoms with E-state index in [1.165, 1.54) is 0 Å². The number of nitrogens with one attached hydrogen (secondary N) is 3. The standard InChI is InChI=1S/C17H16N6O5/c18-16(22-23-19)10-2-1-3-11(6-10)21-15(26)4-5-20-17(27)14-8-12(25)7-13(9-24)28-14/h1-3,6-9H,4-5H2,(H,20,27)(H,21,26)(H3,18,19,22). The Balaban J connectivity index is 1.90. The Morgan fingerprint density at radius 1 is 1.25 bits per heavy atom. The van der Waals surface area contributed by atoms with E-state index >= 15 is 0 Å². The molecule has 2 amide bonds. The van der Waals surface area contributed by atoms with Crippen LogP contribution in [0.3, 0.4) is 0 Å². The number of nitrogens with two attached hydrogens (primary N) is 1. The van der Waals surface area contributed by atoms with Crippen LogP contribution in [0.4, 0.5) is 5.69 Å². The van der Waals surface area contributed by atoms with Gasteiger partial charge in [-0.15, -0.1) is 5.10 Å². The Hall–Kier alpha value is -4.15. The number of benzene rings is 1. The molecule has 0 bridgehead atoms. The van der Waals surface area contributed by atoms with Crippen LogP contribution >= 0.6 is 0 Å². The molecule has 1 aromatic carbocycles. The zero-order chi connectivity index (χ0) is 20.5. The molecular formula is C17H16N6O5. The first-order valence-corrected chi connectivity index (χ1v) is 7.91. The van der Waals surface area contributed by atoms with E-state index in [4.69, 9.17) is 15.7 Å². The van der Waals surface area contributed by atoms with Gasteiger partial charge in [-0.3, -0.25) is 19.2 Å². The highest BCUT2D eigenvalue weighted by molar-refractivity contribution is 5.99. The zero-order valence-electron chi connectivity index (χ0n) is 14.5. The number of aldehydes is 1. The Morgan fingerprint density at radius 3 is 2.75 bits per heavy atom. The number of hydrogen-bond acceptors (Lipinski definition) is 7. The number of amides is 2. The number of hydrogen-bond donors (Lipinski definition) is 4. The maximum absolute atomic E-state index is 12.0. The lowest BCUT2D eigenvalue weighted by Crippen LogP contribution is -2.28. The van der Waals surface area contributed by atoms with E-state index in [2.05, 4.69) is 21.0 Å². The van der Waals surface area contributed by atoms with Gasteiger partial charge in [0, 0.05) is 36.3 Å². The zero-order valence-corrected chi connectivity index (χ0v) is 14.5. The minimum Gasteiger partial charge on any atom is -0.448 e. The summed E-state index contributed by atoms with van der Waals surface area (Å²) in [6.45, 7) is -0.0271. The molecule has 11 nitrogen and oxygen atoms in total. The summed E-state index contributed by atoms with van der Waals surface area (Å²) in [5.41, 5.74) is 12.7. The van der Waals surface area contributed by atoms with Crippen molar-refractivity contribution in [3.05, 3.63) is 63.7 Å². The first-order valence-electron chi connectivity index (χ1n) is 7.91.